The minimum Gasteiger partial charge on any atom is -0.494 e. The summed E-state index contributed by atoms with van der Waals surface area (Å²) in [7, 11) is -1.24. The zero-order valence-electron chi connectivity index (χ0n) is 13.9. The Morgan fingerprint density at radius 2 is 1.72 bits per heavy atom. The number of hydrogen-bond donors (Lipinski definition) is 1. The van der Waals surface area contributed by atoms with Gasteiger partial charge in [-0.05, 0) is 25.1 Å². The highest BCUT2D eigenvalue weighted by molar-refractivity contribution is 9.10. The molecule has 0 bridgehead atoms. The molecule has 3 rings (SSSR count). The predicted molar refractivity (Wildman–Crippen MR) is 97.9 cm³/mol. The van der Waals surface area contributed by atoms with Crippen LogP contribution in [0.3, 0.4) is 0 Å². The molecule has 0 unspecified atom stereocenters. The molecule has 0 amide bonds. The molecular weight excluding hydrogens is 412 g/mol. The Labute approximate surface area is 154 Å². The number of halogens is 1. The van der Waals surface area contributed by atoms with Gasteiger partial charge in [0.05, 0.1) is 13.7 Å². The van der Waals surface area contributed by atoms with E-state index in [2.05, 4.69) is 43.9 Å². The summed E-state index contributed by atoms with van der Waals surface area (Å²) in [4.78, 5) is 4.71. The first-order valence-electron chi connectivity index (χ1n) is 7.30. The molecule has 0 aliphatic carbocycles. The zero-order valence-corrected chi connectivity index (χ0v) is 16.3. The van der Waals surface area contributed by atoms with Crippen LogP contribution in [0.4, 0.5) is 0 Å². The molecule has 3 aromatic rings. The molecule has 1 heterocycles. The van der Waals surface area contributed by atoms with Crippen molar-refractivity contribution in [2.24, 2.45) is 7.05 Å². The van der Waals surface area contributed by atoms with Crippen molar-refractivity contribution < 1.29 is 26.5 Å². The van der Waals surface area contributed by atoms with Gasteiger partial charge in [-0.1, -0.05) is 15.9 Å². The molecule has 0 spiro atoms. The fourth-order valence-electron chi connectivity index (χ4n) is 2.26. The number of aromatic nitrogens is 2. The van der Waals surface area contributed by atoms with Gasteiger partial charge < -0.3 is 4.74 Å². The van der Waals surface area contributed by atoms with Gasteiger partial charge in [-0.3, -0.25) is 8.74 Å². The molecule has 0 aliphatic rings. The van der Waals surface area contributed by atoms with Crippen LogP contribution in [0.2, 0.25) is 0 Å². The molecule has 0 saturated heterocycles. The molecule has 0 fully saturated rings. The summed E-state index contributed by atoms with van der Waals surface area (Å²) in [5, 5.41) is 0. The summed E-state index contributed by atoms with van der Waals surface area (Å²) in [5.74, 6) is 0.858. The van der Waals surface area contributed by atoms with Gasteiger partial charge in [-0.15, -0.1) is 0 Å². The summed E-state index contributed by atoms with van der Waals surface area (Å²) in [6.07, 6.45) is 0. The van der Waals surface area contributed by atoms with Gasteiger partial charge in [0.15, 0.2) is 0 Å². The van der Waals surface area contributed by atoms with E-state index < -0.39 is 10.4 Å². The summed E-state index contributed by atoms with van der Waals surface area (Å²) in [5.41, 5.74) is 4.12. The van der Waals surface area contributed by atoms with Crippen LogP contribution in [-0.2, 0) is 21.6 Å². The molecular formula is C16H18BrN2O5S+. The zero-order chi connectivity index (χ0) is 18.6. The van der Waals surface area contributed by atoms with E-state index in [0.717, 1.165) is 39.4 Å². The van der Waals surface area contributed by atoms with Crippen molar-refractivity contribution in [2.45, 2.75) is 6.92 Å². The minimum atomic E-state index is -4.16. The highest BCUT2D eigenvalue weighted by Gasteiger charge is 2.13. The van der Waals surface area contributed by atoms with Crippen molar-refractivity contribution in [3.63, 3.8) is 0 Å². The van der Waals surface area contributed by atoms with Crippen LogP contribution in [0.15, 0.2) is 40.9 Å². The lowest BCUT2D eigenvalue weighted by molar-refractivity contribution is -0.617. The van der Waals surface area contributed by atoms with Crippen LogP contribution in [-0.4, -0.2) is 31.7 Å². The molecule has 0 atom stereocenters. The Hall–Kier alpha value is -1.81. The molecule has 7 nitrogen and oxygen atoms in total. The van der Waals surface area contributed by atoms with E-state index >= 15 is 0 Å². The minimum absolute atomic E-state index is 0.663. The first-order valence-corrected chi connectivity index (χ1v) is 9.46. The lowest BCUT2D eigenvalue weighted by Gasteiger charge is -2.05. The normalized spacial score (nSPS) is 11.2. The maximum absolute atomic E-state index is 9.33. The Bertz CT molecular complexity index is 1010. The molecule has 25 heavy (non-hydrogen) atoms. The van der Waals surface area contributed by atoms with Gasteiger partial charge in [0, 0.05) is 22.7 Å². The summed E-state index contributed by atoms with van der Waals surface area (Å²) in [6.45, 7) is 2.64. The summed E-state index contributed by atoms with van der Waals surface area (Å²) < 4.78 is 38.4. The highest BCUT2D eigenvalue weighted by Crippen LogP contribution is 2.21. The molecule has 2 aromatic carbocycles. The lowest BCUT2D eigenvalue weighted by atomic mass is 10.2. The second kappa shape index (κ2) is 8.05. The molecule has 0 aliphatic heterocycles. The van der Waals surface area contributed by atoms with E-state index in [9.17, 15) is 8.42 Å². The van der Waals surface area contributed by atoms with Crippen molar-refractivity contribution in [2.75, 3.05) is 13.7 Å². The highest BCUT2D eigenvalue weighted by atomic mass is 79.9. The van der Waals surface area contributed by atoms with Crippen LogP contribution in [0.1, 0.15) is 6.92 Å². The van der Waals surface area contributed by atoms with Crippen molar-refractivity contribution in [1.29, 1.82) is 0 Å². The standard InChI is InChI=1S/C15H14BrN2O.CH4O4S/c1-3-19-11-5-7-15-13(9-11)17-12-8-10(16)4-6-14(12)18(15)2;1-5-6(2,3)4/h4-9H,3H2,1-2H3;1H3,(H,2,3,4)/q+1;. The fraction of sp³-hybridized carbons (Fsp3) is 0.250. The second-order valence-electron chi connectivity index (χ2n) is 4.98. The number of hydrogen-bond acceptors (Lipinski definition) is 5. The summed E-state index contributed by atoms with van der Waals surface area (Å²) in [6, 6.07) is 12.2. The van der Waals surface area contributed by atoms with E-state index in [1.807, 2.05) is 31.2 Å². The van der Waals surface area contributed by atoms with Crippen molar-refractivity contribution in [3.05, 3.63) is 40.9 Å². The average Bonchev–Trinajstić information content (AvgIpc) is 2.55. The van der Waals surface area contributed by atoms with Crippen LogP contribution < -0.4 is 9.30 Å². The smallest absolute Gasteiger partial charge is 0.397 e. The Morgan fingerprint density at radius 3 is 2.28 bits per heavy atom. The molecule has 1 N–H and O–H groups in total. The van der Waals surface area contributed by atoms with Gasteiger partial charge >= 0.3 is 10.4 Å². The molecule has 9 heteroatoms. The predicted octanol–water partition coefficient (Wildman–Crippen LogP) is 2.81. The van der Waals surface area contributed by atoms with Gasteiger partial charge in [0.25, 0.3) is 0 Å². The fourth-order valence-corrected chi connectivity index (χ4v) is 2.61. The van der Waals surface area contributed by atoms with E-state index in [-0.39, 0.29) is 0 Å². The van der Waals surface area contributed by atoms with Gasteiger partial charge in [0.1, 0.15) is 23.8 Å². The first kappa shape index (κ1) is 19.5. The topological polar surface area (TPSA) is 89.6 Å². The van der Waals surface area contributed by atoms with Crippen LogP contribution in [0.5, 0.6) is 5.75 Å². The third-order valence-corrected chi connectivity index (χ3v) is 4.28. The third kappa shape index (κ3) is 5.08. The van der Waals surface area contributed by atoms with Gasteiger partial charge in [-0.2, -0.15) is 13.0 Å². The number of ether oxygens (including phenoxy) is 1. The molecule has 0 radical (unpaired) electrons. The van der Waals surface area contributed by atoms with Crippen LogP contribution in [0, 0.1) is 0 Å². The summed E-state index contributed by atoms with van der Waals surface area (Å²) >= 11 is 3.49. The van der Waals surface area contributed by atoms with Gasteiger partial charge in [0.2, 0.25) is 11.0 Å². The van der Waals surface area contributed by atoms with Crippen LogP contribution >= 0.6 is 15.9 Å². The van der Waals surface area contributed by atoms with Crippen LogP contribution in [0.25, 0.3) is 22.1 Å². The number of fused-ring (bicyclic) bond motifs is 2. The first-order chi connectivity index (χ1) is 11.7. The Kier molecular flexibility index (Phi) is 6.28. The molecule has 134 valence electrons. The molecule has 1 aromatic heterocycles. The van der Waals surface area contributed by atoms with Crippen molar-refractivity contribution in [1.82, 2.24) is 4.98 Å². The van der Waals surface area contributed by atoms with Crippen molar-refractivity contribution in [3.8, 4) is 5.75 Å². The average molecular weight is 430 g/mol. The van der Waals surface area contributed by atoms with E-state index in [1.165, 1.54) is 0 Å². The quantitative estimate of drug-likeness (QED) is 0.391. The van der Waals surface area contributed by atoms with Crippen molar-refractivity contribution >= 4 is 48.4 Å². The van der Waals surface area contributed by atoms with E-state index in [1.54, 1.807) is 0 Å². The number of nitrogens with zero attached hydrogens (tertiary/aromatic N) is 2. The number of benzene rings is 2. The monoisotopic (exact) mass is 429 g/mol. The molecule has 0 saturated carbocycles. The maximum atomic E-state index is 9.33. The lowest BCUT2D eigenvalue weighted by Crippen LogP contribution is -2.30. The van der Waals surface area contributed by atoms with Gasteiger partial charge in [-0.25, -0.2) is 4.98 Å². The largest absolute Gasteiger partial charge is 0.494 e. The number of aryl methyl sites for hydroxylation is 1. The Morgan fingerprint density at radius 1 is 1.16 bits per heavy atom. The number of rotatable bonds is 3. The maximum Gasteiger partial charge on any atom is 0.397 e. The van der Waals surface area contributed by atoms with E-state index in [0.29, 0.717) is 6.61 Å². The SMILES string of the molecule is CCOc1ccc2c(c1)nc1cc(Br)ccc1[n+]2C.COS(=O)(=O)O. The third-order valence-electron chi connectivity index (χ3n) is 3.37. The second-order valence-corrected chi connectivity index (χ2v) is 7.09. The van der Waals surface area contributed by atoms with E-state index in [4.69, 9.17) is 14.3 Å². The Balaban J connectivity index is 0.000000326.